The van der Waals surface area contributed by atoms with Crippen LogP contribution >= 0.6 is 11.8 Å². The van der Waals surface area contributed by atoms with E-state index in [0.29, 0.717) is 18.2 Å². The molecule has 1 unspecified atom stereocenters. The van der Waals surface area contributed by atoms with E-state index in [1.54, 1.807) is 18.2 Å². The van der Waals surface area contributed by atoms with Crippen molar-refractivity contribution >= 4 is 17.6 Å². The molecule has 1 aliphatic heterocycles. The lowest BCUT2D eigenvalue weighted by Crippen LogP contribution is -2.39. The van der Waals surface area contributed by atoms with Gasteiger partial charge in [0.1, 0.15) is 11.7 Å². The molecular weight excluding hydrogens is 249 g/mol. The van der Waals surface area contributed by atoms with Gasteiger partial charge in [-0.25, -0.2) is 4.39 Å². The van der Waals surface area contributed by atoms with Gasteiger partial charge in [0.25, 0.3) is 0 Å². The highest BCUT2D eigenvalue weighted by atomic mass is 32.2. The van der Waals surface area contributed by atoms with Gasteiger partial charge < -0.3 is 5.73 Å². The fourth-order valence-electron chi connectivity index (χ4n) is 2.13. The van der Waals surface area contributed by atoms with Crippen LogP contribution in [0, 0.1) is 11.2 Å². The number of rotatable bonds is 3. The van der Waals surface area contributed by atoms with Gasteiger partial charge in [-0.15, -0.1) is 0 Å². The quantitative estimate of drug-likeness (QED) is 0.651. The lowest BCUT2D eigenvalue weighted by atomic mass is 10.1. The summed E-state index contributed by atoms with van der Waals surface area (Å²) in [6.45, 7) is 3.74. The summed E-state index contributed by atoms with van der Waals surface area (Å²) in [5, 5.41) is 7.35. The molecule has 0 aromatic heterocycles. The molecule has 3 N–H and O–H groups in total. The van der Waals surface area contributed by atoms with Gasteiger partial charge in [0.15, 0.2) is 0 Å². The van der Waals surface area contributed by atoms with E-state index in [0.717, 1.165) is 18.1 Å². The summed E-state index contributed by atoms with van der Waals surface area (Å²) in [6.07, 6.45) is 0. The molecule has 1 aliphatic rings. The van der Waals surface area contributed by atoms with E-state index in [2.05, 4.69) is 11.8 Å². The highest BCUT2D eigenvalue weighted by molar-refractivity contribution is 7.99. The summed E-state index contributed by atoms with van der Waals surface area (Å²) in [6, 6.07) is 5.55. The normalized spacial score (nSPS) is 20.9. The Morgan fingerprint density at radius 3 is 3.06 bits per heavy atom. The number of nitrogen functional groups attached to an aromatic ring is 1. The molecule has 1 aromatic carbocycles. The van der Waals surface area contributed by atoms with Crippen LogP contribution in [0.15, 0.2) is 18.2 Å². The molecule has 18 heavy (non-hydrogen) atoms. The largest absolute Gasteiger partial charge is 0.384 e. The molecule has 98 valence electrons. The molecule has 5 heteroatoms. The van der Waals surface area contributed by atoms with Crippen molar-refractivity contribution < 1.29 is 4.39 Å². The van der Waals surface area contributed by atoms with Gasteiger partial charge in [-0.1, -0.05) is 12.1 Å². The van der Waals surface area contributed by atoms with Crippen LogP contribution in [-0.2, 0) is 6.54 Å². The average Bonchev–Trinajstić information content (AvgIpc) is 2.34. The number of amidine groups is 1. The molecular formula is C13H18FN3S. The van der Waals surface area contributed by atoms with Crippen LogP contribution < -0.4 is 5.73 Å². The van der Waals surface area contributed by atoms with Crippen LogP contribution in [0.4, 0.5) is 4.39 Å². The van der Waals surface area contributed by atoms with Gasteiger partial charge in [-0.2, -0.15) is 11.8 Å². The molecule has 2 rings (SSSR count). The highest BCUT2D eigenvalue weighted by Gasteiger charge is 2.20. The van der Waals surface area contributed by atoms with Crippen LogP contribution in [0.2, 0.25) is 0 Å². The molecule has 0 bridgehead atoms. The molecule has 0 aliphatic carbocycles. The molecule has 0 spiro atoms. The minimum Gasteiger partial charge on any atom is -0.384 e. The van der Waals surface area contributed by atoms with Crippen molar-refractivity contribution in [3.63, 3.8) is 0 Å². The van der Waals surface area contributed by atoms with Crippen molar-refractivity contribution in [2.24, 2.45) is 5.73 Å². The Morgan fingerprint density at radius 2 is 2.39 bits per heavy atom. The van der Waals surface area contributed by atoms with E-state index < -0.39 is 0 Å². The Bertz CT molecular complexity index is 450. The predicted octanol–water partition coefficient (Wildman–Crippen LogP) is 2.05. The molecule has 1 heterocycles. The van der Waals surface area contributed by atoms with Crippen LogP contribution in [-0.4, -0.2) is 34.8 Å². The summed E-state index contributed by atoms with van der Waals surface area (Å²) >= 11 is 1.94. The Kier molecular flexibility index (Phi) is 4.24. The SMILES string of the molecule is CC1CSCCN1Cc1cccc(C(=N)N)c1F. The first-order valence-corrected chi connectivity index (χ1v) is 7.18. The molecule has 0 saturated carbocycles. The Balaban J connectivity index is 2.18. The van der Waals surface area contributed by atoms with E-state index in [1.807, 2.05) is 11.8 Å². The number of nitrogens with two attached hydrogens (primary N) is 1. The van der Waals surface area contributed by atoms with E-state index in [9.17, 15) is 4.39 Å². The minimum atomic E-state index is -0.351. The molecule has 0 amide bonds. The monoisotopic (exact) mass is 267 g/mol. The van der Waals surface area contributed by atoms with Crippen LogP contribution in [0.5, 0.6) is 0 Å². The van der Waals surface area contributed by atoms with Crippen LogP contribution in [0.1, 0.15) is 18.1 Å². The first-order chi connectivity index (χ1) is 8.59. The van der Waals surface area contributed by atoms with Crippen molar-refractivity contribution in [3.8, 4) is 0 Å². The molecule has 1 atom stereocenters. The summed E-state index contributed by atoms with van der Waals surface area (Å²) < 4.78 is 14.2. The van der Waals surface area contributed by atoms with Crippen molar-refractivity contribution in [1.29, 1.82) is 5.41 Å². The minimum absolute atomic E-state index is 0.200. The summed E-state index contributed by atoms with van der Waals surface area (Å²) in [5.74, 6) is 1.62. The number of halogens is 1. The van der Waals surface area contributed by atoms with E-state index in [1.165, 1.54) is 0 Å². The third kappa shape index (κ3) is 2.84. The number of hydrogen-bond acceptors (Lipinski definition) is 3. The van der Waals surface area contributed by atoms with Crippen molar-refractivity contribution in [1.82, 2.24) is 4.90 Å². The highest BCUT2D eigenvalue weighted by Crippen LogP contribution is 2.21. The fourth-order valence-corrected chi connectivity index (χ4v) is 3.21. The third-order valence-corrected chi connectivity index (χ3v) is 4.44. The number of nitrogens with one attached hydrogen (secondary N) is 1. The Labute approximate surface area is 111 Å². The molecule has 0 radical (unpaired) electrons. The van der Waals surface area contributed by atoms with Gasteiger partial charge in [-0.05, 0) is 13.0 Å². The zero-order valence-electron chi connectivity index (χ0n) is 10.4. The number of nitrogens with zero attached hydrogens (tertiary/aromatic N) is 1. The average molecular weight is 267 g/mol. The fraction of sp³-hybridized carbons (Fsp3) is 0.462. The van der Waals surface area contributed by atoms with E-state index in [-0.39, 0.29) is 17.2 Å². The van der Waals surface area contributed by atoms with Gasteiger partial charge in [0.2, 0.25) is 0 Å². The maximum Gasteiger partial charge on any atom is 0.138 e. The smallest absolute Gasteiger partial charge is 0.138 e. The molecule has 1 fully saturated rings. The first-order valence-electron chi connectivity index (χ1n) is 6.03. The molecule has 1 saturated heterocycles. The predicted molar refractivity (Wildman–Crippen MR) is 74.6 cm³/mol. The number of benzene rings is 1. The maximum atomic E-state index is 14.2. The Morgan fingerprint density at radius 1 is 1.61 bits per heavy atom. The first kappa shape index (κ1) is 13.4. The molecule has 3 nitrogen and oxygen atoms in total. The van der Waals surface area contributed by atoms with Gasteiger partial charge >= 0.3 is 0 Å². The van der Waals surface area contributed by atoms with E-state index in [4.69, 9.17) is 11.1 Å². The van der Waals surface area contributed by atoms with Gasteiger partial charge in [0.05, 0.1) is 5.56 Å². The lowest BCUT2D eigenvalue weighted by molar-refractivity contribution is 0.221. The second kappa shape index (κ2) is 5.71. The van der Waals surface area contributed by atoms with Crippen molar-refractivity contribution in [3.05, 3.63) is 35.1 Å². The Hall–Kier alpha value is -1.07. The number of thioether (sulfide) groups is 1. The zero-order valence-corrected chi connectivity index (χ0v) is 11.3. The molecule has 1 aromatic rings. The van der Waals surface area contributed by atoms with Crippen molar-refractivity contribution in [2.75, 3.05) is 18.1 Å². The van der Waals surface area contributed by atoms with E-state index >= 15 is 0 Å². The maximum absolute atomic E-state index is 14.2. The second-order valence-corrected chi connectivity index (χ2v) is 5.74. The third-order valence-electron chi connectivity index (χ3n) is 3.25. The number of hydrogen-bond donors (Lipinski definition) is 2. The van der Waals surface area contributed by atoms with Crippen LogP contribution in [0.3, 0.4) is 0 Å². The zero-order chi connectivity index (χ0) is 13.1. The lowest BCUT2D eigenvalue weighted by Gasteiger charge is -2.33. The second-order valence-electron chi connectivity index (χ2n) is 4.59. The topological polar surface area (TPSA) is 53.1 Å². The summed E-state index contributed by atoms with van der Waals surface area (Å²) in [4.78, 5) is 2.28. The summed E-state index contributed by atoms with van der Waals surface area (Å²) in [5.41, 5.74) is 6.20. The summed E-state index contributed by atoms with van der Waals surface area (Å²) in [7, 11) is 0. The van der Waals surface area contributed by atoms with Gasteiger partial charge in [0, 0.05) is 36.2 Å². The standard InChI is InChI=1S/C13H18FN3S/c1-9-8-18-6-5-17(9)7-10-3-2-4-11(12(10)14)13(15)16/h2-4,9H,5-8H2,1H3,(H3,15,16). The van der Waals surface area contributed by atoms with Gasteiger partial charge in [-0.3, -0.25) is 10.3 Å². The van der Waals surface area contributed by atoms with Crippen LogP contribution in [0.25, 0.3) is 0 Å². The van der Waals surface area contributed by atoms with Crippen molar-refractivity contribution in [2.45, 2.75) is 19.5 Å².